The van der Waals surface area contributed by atoms with Crippen molar-refractivity contribution in [3.05, 3.63) is 0 Å². The summed E-state index contributed by atoms with van der Waals surface area (Å²) in [5.74, 6) is -4.29. The van der Waals surface area contributed by atoms with Gasteiger partial charge in [-0.15, -0.1) is 0 Å². The van der Waals surface area contributed by atoms with Crippen LogP contribution >= 0.6 is 0 Å². The van der Waals surface area contributed by atoms with Crippen LogP contribution in [0.25, 0.3) is 0 Å². The molecule has 8 heteroatoms. The van der Waals surface area contributed by atoms with Gasteiger partial charge in [0.25, 0.3) is 5.60 Å². The Hall–Kier alpha value is -1.38. The molecule has 0 aromatic heterocycles. The van der Waals surface area contributed by atoms with E-state index in [1.54, 1.807) is 0 Å². The van der Waals surface area contributed by atoms with Crippen LogP contribution in [0.4, 0.5) is 4.79 Å². The van der Waals surface area contributed by atoms with Crippen LogP contribution in [0, 0.1) is 0 Å². The minimum absolute atomic E-state index is 0.910. The number of methoxy groups -OCH3 is 1. The molecule has 1 rings (SSSR count). The predicted octanol–water partition coefficient (Wildman–Crippen LogP) is -2.30. The van der Waals surface area contributed by atoms with E-state index in [9.17, 15) is 19.8 Å². The van der Waals surface area contributed by atoms with E-state index in [1.165, 1.54) is 0 Å². The number of carbonyl (C=O) groups is 2. The average Bonchev–Trinajstić information content (AvgIpc) is 2.12. The monoisotopic (exact) mass is 208 g/mol. The lowest BCUT2D eigenvalue weighted by molar-refractivity contribution is -0.442. The summed E-state index contributed by atoms with van der Waals surface area (Å²) in [7, 11) is 0.910. The summed E-state index contributed by atoms with van der Waals surface area (Å²) in [5, 5.41) is 27.3. The molecule has 8 nitrogen and oxygen atoms in total. The Kier molecular flexibility index (Phi) is 2.36. The van der Waals surface area contributed by atoms with Gasteiger partial charge in [0.05, 0.1) is 13.7 Å². The summed E-state index contributed by atoms with van der Waals surface area (Å²) >= 11 is 0. The van der Waals surface area contributed by atoms with Gasteiger partial charge >= 0.3 is 18.1 Å². The zero-order valence-electron chi connectivity index (χ0n) is 7.09. The van der Waals surface area contributed by atoms with E-state index in [0.717, 1.165) is 7.11 Å². The maximum absolute atomic E-state index is 10.9. The lowest BCUT2D eigenvalue weighted by atomic mass is 10.0. The fraction of sp³-hybridized carbons (Fsp3) is 0.667. The number of ether oxygens (including phenoxy) is 3. The molecule has 0 aliphatic carbocycles. The van der Waals surface area contributed by atoms with E-state index in [0.29, 0.717) is 0 Å². The lowest BCUT2D eigenvalue weighted by Crippen LogP contribution is -2.71. The summed E-state index contributed by atoms with van der Waals surface area (Å²) in [6, 6.07) is 0. The highest BCUT2D eigenvalue weighted by Gasteiger charge is 2.69. The Labute approximate surface area is 77.6 Å². The van der Waals surface area contributed by atoms with Gasteiger partial charge in [-0.05, 0) is 0 Å². The quantitative estimate of drug-likeness (QED) is 0.442. The van der Waals surface area contributed by atoms with Gasteiger partial charge in [0.15, 0.2) is 0 Å². The predicted molar refractivity (Wildman–Crippen MR) is 36.6 cm³/mol. The second kappa shape index (κ2) is 3.08. The number of aliphatic hydroxyl groups is 3. The van der Waals surface area contributed by atoms with Crippen LogP contribution in [0.3, 0.4) is 0 Å². The maximum Gasteiger partial charge on any atom is 0.518 e. The summed E-state index contributed by atoms with van der Waals surface area (Å²) in [6.07, 6.45) is -1.27. The van der Waals surface area contributed by atoms with Gasteiger partial charge in [-0.2, -0.15) is 0 Å². The van der Waals surface area contributed by atoms with Crippen LogP contribution in [0.1, 0.15) is 0 Å². The first-order valence-corrected chi connectivity index (χ1v) is 3.45. The third-order valence-electron chi connectivity index (χ3n) is 1.72. The molecule has 0 spiro atoms. The van der Waals surface area contributed by atoms with Gasteiger partial charge in [0.1, 0.15) is 0 Å². The third kappa shape index (κ3) is 1.20. The van der Waals surface area contributed by atoms with E-state index in [4.69, 9.17) is 5.11 Å². The molecular formula is C6H8O8. The van der Waals surface area contributed by atoms with Gasteiger partial charge in [-0.25, -0.2) is 9.59 Å². The molecule has 1 aliphatic heterocycles. The molecule has 0 aromatic carbocycles. The highest BCUT2D eigenvalue weighted by molar-refractivity contribution is 5.82. The molecule has 0 radical (unpaired) electrons. The fourth-order valence-electron chi connectivity index (χ4n) is 0.865. The SMILES string of the molecule is COC(=O)C(O)(CO)C1(O)OC(=O)O1. The molecule has 1 saturated heterocycles. The van der Waals surface area contributed by atoms with Crippen LogP contribution < -0.4 is 0 Å². The zero-order valence-corrected chi connectivity index (χ0v) is 7.09. The normalized spacial score (nSPS) is 22.4. The first-order chi connectivity index (χ1) is 6.39. The molecule has 0 amide bonds. The lowest BCUT2D eigenvalue weighted by Gasteiger charge is -2.41. The number of rotatable bonds is 3. The van der Waals surface area contributed by atoms with E-state index < -0.39 is 30.3 Å². The van der Waals surface area contributed by atoms with E-state index in [-0.39, 0.29) is 0 Å². The van der Waals surface area contributed by atoms with Gasteiger partial charge < -0.3 is 29.5 Å². The number of cyclic esters (lactones) is 2. The van der Waals surface area contributed by atoms with Gasteiger partial charge in [-0.1, -0.05) is 0 Å². The minimum Gasteiger partial charge on any atom is -0.467 e. The van der Waals surface area contributed by atoms with E-state index in [2.05, 4.69) is 14.2 Å². The molecule has 0 aromatic rings. The highest BCUT2D eigenvalue weighted by atomic mass is 17.0. The van der Waals surface area contributed by atoms with Crippen molar-refractivity contribution >= 4 is 12.1 Å². The molecule has 0 bridgehead atoms. The summed E-state index contributed by atoms with van der Waals surface area (Å²) in [4.78, 5) is 21.2. The maximum atomic E-state index is 10.9. The Morgan fingerprint density at radius 3 is 2.43 bits per heavy atom. The standard InChI is InChI=1S/C6H8O8/c1-12-3(8)5(10,2-7)6(11)13-4(9)14-6/h7,10-11H,2H2,1H3. The molecule has 1 fully saturated rings. The van der Waals surface area contributed by atoms with Crippen molar-refractivity contribution in [3.8, 4) is 0 Å². The molecule has 3 N–H and O–H groups in total. The second-order valence-corrected chi connectivity index (χ2v) is 2.55. The molecular weight excluding hydrogens is 200 g/mol. The van der Waals surface area contributed by atoms with Crippen LogP contribution in [0.15, 0.2) is 0 Å². The molecule has 1 aliphatic rings. The van der Waals surface area contributed by atoms with Crippen molar-refractivity contribution in [2.45, 2.75) is 11.6 Å². The highest BCUT2D eigenvalue weighted by Crippen LogP contribution is 2.34. The minimum atomic E-state index is -2.90. The van der Waals surface area contributed by atoms with Gasteiger partial charge in [0.2, 0.25) is 0 Å². The largest absolute Gasteiger partial charge is 0.518 e. The molecule has 0 saturated carbocycles. The number of aliphatic hydroxyl groups excluding tert-OH is 1. The number of esters is 1. The van der Waals surface area contributed by atoms with Crippen LogP contribution in [0.5, 0.6) is 0 Å². The summed E-state index contributed by atoms with van der Waals surface area (Å²) in [5.41, 5.74) is -2.85. The second-order valence-electron chi connectivity index (χ2n) is 2.55. The number of carbonyl (C=O) groups excluding carboxylic acids is 2. The Balaban J connectivity index is 2.90. The van der Waals surface area contributed by atoms with Crippen molar-refractivity contribution < 1.29 is 39.1 Å². The Morgan fingerprint density at radius 2 is 2.14 bits per heavy atom. The van der Waals surface area contributed by atoms with Crippen LogP contribution in [-0.2, 0) is 19.0 Å². The zero-order chi connectivity index (χ0) is 11.0. The van der Waals surface area contributed by atoms with Crippen LogP contribution in [-0.4, -0.2) is 52.7 Å². The number of hydrogen-bond donors (Lipinski definition) is 3. The van der Waals surface area contributed by atoms with Crippen molar-refractivity contribution in [3.63, 3.8) is 0 Å². The molecule has 1 heterocycles. The van der Waals surface area contributed by atoms with Gasteiger partial charge in [-0.3, -0.25) is 0 Å². The van der Waals surface area contributed by atoms with Crippen molar-refractivity contribution in [2.75, 3.05) is 13.7 Å². The first-order valence-electron chi connectivity index (χ1n) is 3.45. The van der Waals surface area contributed by atoms with Crippen molar-refractivity contribution in [1.82, 2.24) is 0 Å². The number of hydrogen-bond acceptors (Lipinski definition) is 8. The third-order valence-corrected chi connectivity index (χ3v) is 1.72. The summed E-state index contributed by atoms with van der Waals surface area (Å²) in [6.45, 7) is -1.23. The summed E-state index contributed by atoms with van der Waals surface area (Å²) < 4.78 is 12.1. The van der Waals surface area contributed by atoms with Crippen molar-refractivity contribution in [1.29, 1.82) is 0 Å². The fourth-order valence-corrected chi connectivity index (χ4v) is 0.865. The van der Waals surface area contributed by atoms with E-state index >= 15 is 0 Å². The van der Waals surface area contributed by atoms with Crippen molar-refractivity contribution in [2.24, 2.45) is 0 Å². The molecule has 1 atom stereocenters. The Morgan fingerprint density at radius 1 is 1.64 bits per heavy atom. The first kappa shape index (κ1) is 10.7. The van der Waals surface area contributed by atoms with Crippen LogP contribution in [0.2, 0.25) is 0 Å². The molecule has 80 valence electrons. The average molecular weight is 208 g/mol. The van der Waals surface area contributed by atoms with E-state index in [1.807, 2.05) is 0 Å². The smallest absolute Gasteiger partial charge is 0.467 e. The topological polar surface area (TPSA) is 123 Å². The molecule has 1 unspecified atom stereocenters. The Bertz CT molecular complexity index is 265. The van der Waals surface area contributed by atoms with Gasteiger partial charge in [0, 0.05) is 0 Å². The molecule has 14 heavy (non-hydrogen) atoms.